The van der Waals surface area contributed by atoms with Gasteiger partial charge < -0.3 is 14.8 Å². The van der Waals surface area contributed by atoms with Gasteiger partial charge in [0, 0.05) is 30.7 Å². The zero-order chi connectivity index (χ0) is 28.9. The van der Waals surface area contributed by atoms with E-state index in [0.29, 0.717) is 39.3 Å². The highest BCUT2D eigenvalue weighted by Gasteiger charge is 2.26. The summed E-state index contributed by atoms with van der Waals surface area (Å²) in [6, 6.07) is 20.0. The lowest BCUT2D eigenvalue weighted by molar-refractivity contribution is -0.150. The second kappa shape index (κ2) is 12.8. The maximum absolute atomic E-state index is 12.2. The van der Waals surface area contributed by atoms with E-state index >= 15 is 0 Å². The van der Waals surface area contributed by atoms with Crippen molar-refractivity contribution >= 4 is 51.4 Å². The molecule has 0 spiro atoms. The molecule has 9 heteroatoms. The van der Waals surface area contributed by atoms with Crippen LogP contribution in [0.25, 0.3) is 22.0 Å². The van der Waals surface area contributed by atoms with Gasteiger partial charge in [-0.05, 0) is 55.1 Å². The van der Waals surface area contributed by atoms with Crippen LogP contribution in [0.1, 0.15) is 30.9 Å². The number of rotatable bonds is 8. The summed E-state index contributed by atoms with van der Waals surface area (Å²) in [5.74, 6) is 0.334. The Morgan fingerprint density at radius 3 is 2.63 bits per heavy atom. The van der Waals surface area contributed by atoms with Crippen LogP contribution in [-0.2, 0) is 16.1 Å². The number of fused-ring (bicyclic) bond motifs is 1. The van der Waals surface area contributed by atoms with E-state index in [4.69, 9.17) is 32.7 Å². The number of nitrogens with zero attached hydrogens (tertiary/aromatic N) is 3. The third-order valence-electron chi connectivity index (χ3n) is 7.31. The van der Waals surface area contributed by atoms with E-state index in [-0.39, 0.29) is 11.9 Å². The largest absolute Gasteiger partial charge is 0.495 e. The Hall–Kier alpha value is -3.83. The number of benzene rings is 3. The van der Waals surface area contributed by atoms with Crippen molar-refractivity contribution in [3.63, 3.8) is 0 Å². The molecule has 1 atom stereocenters. The van der Waals surface area contributed by atoms with Crippen LogP contribution < -0.4 is 10.1 Å². The molecule has 1 fully saturated rings. The quantitative estimate of drug-likeness (QED) is 0.212. The van der Waals surface area contributed by atoms with E-state index in [1.54, 1.807) is 18.3 Å². The molecule has 0 amide bonds. The summed E-state index contributed by atoms with van der Waals surface area (Å²) in [5, 5.41) is 14.7. The van der Waals surface area contributed by atoms with Crippen LogP contribution in [0, 0.1) is 17.2 Å². The number of nitrogens with one attached hydrogen (secondary N) is 1. The van der Waals surface area contributed by atoms with E-state index in [9.17, 15) is 10.1 Å². The Morgan fingerprint density at radius 1 is 1.12 bits per heavy atom. The van der Waals surface area contributed by atoms with Crippen LogP contribution in [-0.4, -0.2) is 42.7 Å². The standard InChI is InChI=1S/C32H30Cl2N4O3/c1-3-41-32(39)23-5-4-12-38(19-23)18-20-6-8-21(9-7-20)22-10-11-25-28(13-22)36-17-24(16-35)31(25)37-29-15-30(40-2)27(34)14-26(29)33/h6-11,13-15,17,23H,3-5,12,18-19H2,1-2H3,(H,36,37). The Labute approximate surface area is 249 Å². The molecule has 0 aliphatic carbocycles. The third kappa shape index (κ3) is 6.41. The van der Waals surface area contributed by atoms with Crippen LogP contribution in [0.3, 0.4) is 0 Å². The number of pyridine rings is 1. The van der Waals surface area contributed by atoms with E-state index in [0.717, 1.165) is 54.5 Å². The Bertz CT molecular complexity index is 1620. The average molecular weight is 590 g/mol. The van der Waals surface area contributed by atoms with Crippen molar-refractivity contribution in [2.75, 3.05) is 32.1 Å². The van der Waals surface area contributed by atoms with E-state index in [1.807, 2.05) is 25.1 Å². The SMILES string of the molecule is CCOC(=O)C1CCCN(Cc2ccc(-c3ccc4c(Nc5cc(OC)c(Cl)cc5Cl)c(C#N)cnc4c3)cc2)C1. The molecule has 0 radical (unpaired) electrons. The van der Waals surface area contributed by atoms with Gasteiger partial charge in [0.2, 0.25) is 0 Å². The first-order valence-electron chi connectivity index (χ1n) is 13.5. The number of halogens is 2. The smallest absolute Gasteiger partial charge is 0.310 e. The van der Waals surface area contributed by atoms with Crippen LogP contribution >= 0.6 is 23.2 Å². The van der Waals surface area contributed by atoms with Gasteiger partial charge in [-0.3, -0.25) is 14.7 Å². The van der Waals surface area contributed by atoms with Gasteiger partial charge in [-0.15, -0.1) is 0 Å². The van der Waals surface area contributed by atoms with Gasteiger partial charge in [-0.25, -0.2) is 0 Å². The number of nitriles is 1. The van der Waals surface area contributed by atoms with Crippen LogP contribution in [0.15, 0.2) is 60.8 Å². The van der Waals surface area contributed by atoms with Gasteiger partial charge in [0.1, 0.15) is 11.8 Å². The molecular formula is C32H30Cl2N4O3. The van der Waals surface area contributed by atoms with Crippen molar-refractivity contribution in [3.05, 3.63) is 82.0 Å². The van der Waals surface area contributed by atoms with Gasteiger partial charge in [0.25, 0.3) is 0 Å². The second-order valence-electron chi connectivity index (χ2n) is 10.0. The van der Waals surface area contributed by atoms with Gasteiger partial charge >= 0.3 is 5.97 Å². The first-order chi connectivity index (χ1) is 19.9. The predicted molar refractivity (Wildman–Crippen MR) is 163 cm³/mol. The lowest BCUT2D eigenvalue weighted by Gasteiger charge is -2.31. The molecule has 2 heterocycles. The molecule has 3 aromatic carbocycles. The molecule has 5 rings (SSSR count). The van der Waals surface area contributed by atoms with Crippen molar-refractivity contribution in [1.29, 1.82) is 5.26 Å². The maximum atomic E-state index is 12.2. The van der Waals surface area contributed by atoms with E-state index < -0.39 is 0 Å². The van der Waals surface area contributed by atoms with Gasteiger partial charge in [0.15, 0.2) is 0 Å². The highest BCUT2D eigenvalue weighted by atomic mass is 35.5. The molecule has 0 bridgehead atoms. The highest BCUT2D eigenvalue weighted by molar-refractivity contribution is 6.37. The Kier molecular flexibility index (Phi) is 8.94. The fourth-order valence-corrected chi connectivity index (χ4v) is 5.73. The van der Waals surface area contributed by atoms with Crippen molar-refractivity contribution < 1.29 is 14.3 Å². The molecule has 1 N–H and O–H groups in total. The molecule has 1 aliphatic heterocycles. The summed E-state index contributed by atoms with van der Waals surface area (Å²) >= 11 is 12.6. The highest BCUT2D eigenvalue weighted by Crippen LogP contribution is 2.38. The number of hydrogen-bond donors (Lipinski definition) is 1. The number of piperidine rings is 1. The number of aromatic nitrogens is 1. The van der Waals surface area contributed by atoms with Crippen LogP contribution in [0.5, 0.6) is 5.75 Å². The van der Waals surface area contributed by atoms with Crippen LogP contribution in [0.4, 0.5) is 11.4 Å². The Morgan fingerprint density at radius 2 is 1.90 bits per heavy atom. The van der Waals surface area contributed by atoms with Gasteiger partial charge in [-0.1, -0.05) is 59.6 Å². The zero-order valence-electron chi connectivity index (χ0n) is 22.9. The lowest BCUT2D eigenvalue weighted by atomic mass is 9.97. The summed E-state index contributed by atoms with van der Waals surface area (Å²) in [6.45, 7) is 4.76. The van der Waals surface area contributed by atoms with E-state index in [1.165, 1.54) is 12.7 Å². The van der Waals surface area contributed by atoms with Crippen molar-refractivity contribution in [2.24, 2.45) is 5.92 Å². The van der Waals surface area contributed by atoms with Crippen molar-refractivity contribution in [1.82, 2.24) is 9.88 Å². The molecule has 1 saturated heterocycles. The minimum absolute atomic E-state index is 0.0493. The first kappa shape index (κ1) is 28.7. The number of hydrogen-bond acceptors (Lipinski definition) is 7. The first-order valence-corrected chi connectivity index (χ1v) is 14.3. The molecule has 210 valence electrons. The number of likely N-dealkylation sites (tertiary alicyclic amines) is 1. The minimum atomic E-state index is -0.0892. The maximum Gasteiger partial charge on any atom is 0.310 e. The molecule has 41 heavy (non-hydrogen) atoms. The fraction of sp³-hybridized carbons (Fsp3) is 0.281. The van der Waals surface area contributed by atoms with Crippen molar-refractivity contribution in [2.45, 2.75) is 26.3 Å². The molecule has 0 saturated carbocycles. The second-order valence-corrected chi connectivity index (χ2v) is 10.8. The Balaban J connectivity index is 1.36. The number of methoxy groups -OCH3 is 1. The normalized spacial score (nSPS) is 15.3. The topological polar surface area (TPSA) is 87.5 Å². The van der Waals surface area contributed by atoms with Gasteiger partial charge in [-0.2, -0.15) is 5.26 Å². The molecule has 4 aromatic rings. The molecule has 7 nitrogen and oxygen atoms in total. The summed E-state index contributed by atoms with van der Waals surface area (Å²) < 4.78 is 10.6. The summed E-state index contributed by atoms with van der Waals surface area (Å²) in [7, 11) is 1.53. The van der Waals surface area contributed by atoms with Crippen LogP contribution in [0.2, 0.25) is 10.0 Å². The molecule has 1 aliphatic rings. The van der Waals surface area contributed by atoms with E-state index in [2.05, 4.69) is 45.5 Å². The van der Waals surface area contributed by atoms with Crippen molar-refractivity contribution in [3.8, 4) is 22.9 Å². The average Bonchev–Trinajstić information content (AvgIpc) is 2.99. The number of carbonyl (C=O) groups is 1. The monoisotopic (exact) mass is 588 g/mol. The number of carbonyl (C=O) groups excluding carboxylic acids is 1. The lowest BCUT2D eigenvalue weighted by Crippen LogP contribution is -2.38. The number of esters is 1. The zero-order valence-corrected chi connectivity index (χ0v) is 24.4. The molecule has 1 aromatic heterocycles. The third-order valence-corrected chi connectivity index (χ3v) is 7.92. The number of anilines is 2. The molecular weight excluding hydrogens is 559 g/mol. The summed E-state index contributed by atoms with van der Waals surface area (Å²) in [6.07, 6.45) is 3.44. The van der Waals surface area contributed by atoms with Gasteiger partial charge in [0.05, 0.1) is 52.1 Å². The predicted octanol–water partition coefficient (Wildman–Crippen LogP) is 7.61. The summed E-state index contributed by atoms with van der Waals surface area (Å²) in [5.41, 5.74) is 5.57. The summed E-state index contributed by atoms with van der Waals surface area (Å²) in [4.78, 5) is 19.1. The minimum Gasteiger partial charge on any atom is -0.495 e. The fourth-order valence-electron chi connectivity index (χ4n) is 5.22. The molecule has 1 unspecified atom stereocenters. The number of ether oxygens (including phenoxy) is 2.